The lowest BCUT2D eigenvalue weighted by Crippen LogP contribution is -2.28. The lowest BCUT2D eigenvalue weighted by molar-refractivity contribution is -0.111. The molecule has 1 radical (unpaired) electrons. The van der Waals surface area contributed by atoms with Gasteiger partial charge in [0.15, 0.2) is 0 Å². The summed E-state index contributed by atoms with van der Waals surface area (Å²) >= 11 is 0. The van der Waals surface area contributed by atoms with Crippen molar-refractivity contribution in [2.45, 2.75) is 11.8 Å². The van der Waals surface area contributed by atoms with Crippen molar-refractivity contribution in [1.82, 2.24) is 0 Å². The first kappa shape index (κ1) is 11.6. The zero-order valence-corrected chi connectivity index (χ0v) is 9.67. The first-order valence-corrected chi connectivity index (χ1v) is 5.70. The molecule has 0 atom stereocenters. The van der Waals surface area contributed by atoms with Crippen molar-refractivity contribution < 1.29 is 4.79 Å². The van der Waals surface area contributed by atoms with Crippen LogP contribution in [0.4, 0.5) is 0 Å². The molecule has 2 aromatic rings. The topological polar surface area (TPSA) is 17.1 Å². The second-order valence-corrected chi connectivity index (χ2v) is 4.07. The average molecular weight is 223 g/mol. The van der Waals surface area contributed by atoms with E-state index in [1.165, 1.54) is 0 Å². The number of rotatable bonds is 4. The monoisotopic (exact) mass is 223 g/mol. The number of carbonyl (C=O) groups excluding carboxylic acids is 1. The predicted molar refractivity (Wildman–Crippen MR) is 69.7 cm³/mol. The van der Waals surface area contributed by atoms with E-state index in [0.29, 0.717) is 6.42 Å². The van der Waals surface area contributed by atoms with E-state index in [9.17, 15) is 4.79 Å². The zero-order chi connectivity index (χ0) is 12.1. The van der Waals surface area contributed by atoms with E-state index < -0.39 is 5.41 Å². The maximum Gasteiger partial charge on any atom is 0.134 e. The fourth-order valence-electron chi connectivity index (χ4n) is 2.12. The summed E-state index contributed by atoms with van der Waals surface area (Å²) in [6.07, 6.45) is 1.52. The molecule has 0 aliphatic heterocycles. The van der Waals surface area contributed by atoms with Crippen LogP contribution < -0.4 is 0 Å². The Kier molecular flexibility index (Phi) is 3.38. The molecule has 0 fully saturated rings. The van der Waals surface area contributed by atoms with Crippen molar-refractivity contribution in [2.75, 3.05) is 0 Å². The number of aldehydes is 1. The second kappa shape index (κ2) is 4.96. The van der Waals surface area contributed by atoms with Gasteiger partial charge in [0, 0.05) is 0 Å². The highest BCUT2D eigenvalue weighted by Gasteiger charge is 2.31. The Bertz CT molecular complexity index is 434. The van der Waals surface area contributed by atoms with Crippen molar-refractivity contribution in [3.05, 3.63) is 78.7 Å². The summed E-state index contributed by atoms with van der Waals surface area (Å²) in [4.78, 5) is 11.6. The smallest absolute Gasteiger partial charge is 0.134 e. The van der Waals surface area contributed by atoms with Crippen LogP contribution in [0.5, 0.6) is 0 Å². The van der Waals surface area contributed by atoms with Crippen LogP contribution in [0.3, 0.4) is 0 Å². The van der Waals surface area contributed by atoms with Gasteiger partial charge >= 0.3 is 0 Å². The molecule has 0 aliphatic rings. The number of hydrogen-bond donors (Lipinski definition) is 0. The average Bonchev–Trinajstić information content (AvgIpc) is 2.43. The Morgan fingerprint density at radius 3 is 1.59 bits per heavy atom. The predicted octanol–water partition coefficient (Wildman–Crippen LogP) is 3.40. The van der Waals surface area contributed by atoms with Gasteiger partial charge < -0.3 is 4.79 Å². The van der Waals surface area contributed by atoms with Gasteiger partial charge in [0.2, 0.25) is 0 Å². The van der Waals surface area contributed by atoms with E-state index in [1.54, 1.807) is 0 Å². The first-order valence-electron chi connectivity index (χ1n) is 5.70. The van der Waals surface area contributed by atoms with E-state index in [0.717, 1.165) is 17.4 Å². The largest absolute Gasteiger partial charge is 0.302 e. The van der Waals surface area contributed by atoms with Gasteiger partial charge in [0.05, 0.1) is 5.41 Å². The molecule has 0 saturated carbocycles. The van der Waals surface area contributed by atoms with Crippen molar-refractivity contribution in [3.8, 4) is 0 Å². The highest BCUT2D eigenvalue weighted by molar-refractivity contribution is 5.75. The summed E-state index contributed by atoms with van der Waals surface area (Å²) in [6, 6.07) is 19.6. The molecule has 0 spiro atoms. The zero-order valence-electron chi connectivity index (χ0n) is 9.67. The quantitative estimate of drug-likeness (QED) is 0.726. The molecule has 0 aromatic heterocycles. The molecule has 17 heavy (non-hydrogen) atoms. The number of hydrogen-bond acceptors (Lipinski definition) is 1. The third kappa shape index (κ3) is 2.01. The molecule has 85 valence electrons. The second-order valence-electron chi connectivity index (χ2n) is 4.07. The molecule has 1 nitrogen and oxygen atoms in total. The van der Waals surface area contributed by atoms with E-state index in [1.807, 2.05) is 60.7 Å². The molecule has 0 bridgehead atoms. The summed E-state index contributed by atoms with van der Waals surface area (Å²) in [5.41, 5.74) is 1.37. The Hall–Kier alpha value is -1.89. The molecule has 2 rings (SSSR count). The van der Waals surface area contributed by atoms with Crippen LogP contribution in [-0.4, -0.2) is 6.29 Å². The normalized spacial score (nSPS) is 11.1. The molecule has 2 aromatic carbocycles. The third-order valence-corrected chi connectivity index (χ3v) is 3.17. The van der Waals surface area contributed by atoms with Crippen LogP contribution in [0.25, 0.3) is 0 Å². The fraction of sp³-hybridized carbons (Fsp3) is 0.125. The van der Waals surface area contributed by atoms with E-state index >= 15 is 0 Å². The molecule has 0 saturated heterocycles. The summed E-state index contributed by atoms with van der Waals surface area (Å²) in [5, 5.41) is 0. The maximum atomic E-state index is 11.6. The minimum atomic E-state index is -0.622. The molecular weight excluding hydrogens is 208 g/mol. The maximum absolute atomic E-state index is 11.6. The molecule has 0 aliphatic carbocycles. The summed E-state index contributed by atoms with van der Waals surface area (Å²) in [7, 11) is 0. The van der Waals surface area contributed by atoms with Crippen molar-refractivity contribution >= 4 is 6.29 Å². The van der Waals surface area contributed by atoms with Crippen LogP contribution in [-0.2, 0) is 10.2 Å². The standard InChI is InChI=1S/C16H15O/c1-2-16(13-17,14-9-5-3-6-10-14)15-11-7-4-8-12-15/h3-13H,1-2H2. The summed E-state index contributed by atoms with van der Waals surface area (Å²) in [6.45, 7) is 3.95. The Morgan fingerprint density at radius 2 is 1.29 bits per heavy atom. The van der Waals surface area contributed by atoms with Gasteiger partial charge in [0.1, 0.15) is 6.29 Å². The van der Waals surface area contributed by atoms with Gasteiger partial charge in [-0.25, -0.2) is 0 Å². The van der Waals surface area contributed by atoms with E-state index in [4.69, 9.17) is 0 Å². The molecule has 0 heterocycles. The van der Waals surface area contributed by atoms with Crippen LogP contribution in [0.1, 0.15) is 17.5 Å². The van der Waals surface area contributed by atoms with Gasteiger partial charge in [-0.2, -0.15) is 0 Å². The minimum Gasteiger partial charge on any atom is -0.302 e. The van der Waals surface area contributed by atoms with Gasteiger partial charge in [0.25, 0.3) is 0 Å². The lowest BCUT2D eigenvalue weighted by Gasteiger charge is -2.27. The van der Waals surface area contributed by atoms with Crippen LogP contribution in [0.15, 0.2) is 60.7 Å². The Labute approximate surface area is 102 Å². The van der Waals surface area contributed by atoms with Gasteiger partial charge in [-0.3, -0.25) is 0 Å². The highest BCUT2D eigenvalue weighted by atomic mass is 16.1. The number of carbonyl (C=O) groups is 1. The van der Waals surface area contributed by atoms with Crippen LogP contribution in [0, 0.1) is 6.92 Å². The summed E-state index contributed by atoms with van der Waals surface area (Å²) < 4.78 is 0. The first-order chi connectivity index (χ1) is 8.33. The third-order valence-electron chi connectivity index (χ3n) is 3.17. The van der Waals surface area contributed by atoms with Gasteiger partial charge in [-0.15, -0.1) is 0 Å². The van der Waals surface area contributed by atoms with Gasteiger partial charge in [-0.05, 0) is 17.5 Å². The van der Waals surface area contributed by atoms with Crippen molar-refractivity contribution in [3.63, 3.8) is 0 Å². The number of benzene rings is 2. The molecule has 1 heteroatoms. The molecule has 0 N–H and O–H groups in total. The Morgan fingerprint density at radius 1 is 0.882 bits per heavy atom. The summed E-state index contributed by atoms with van der Waals surface area (Å²) in [5.74, 6) is 0. The molecule has 0 amide bonds. The lowest BCUT2D eigenvalue weighted by atomic mass is 9.74. The molecular formula is C16H15O. The van der Waals surface area contributed by atoms with E-state index in [2.05, 4.69) is 6.92 Å². The van der Waals surface area contributed by atoms with Crippen LogP contribution >= 0.6 is 0 Å². The van der Waals surface area contributed by atoms with E-state index in [-0.39, 0.29) is 0 Å². The van der Waals surface area contributed by atoms with Crippen LogP contribution in [0.2, 0.25) is 0 Å². The fourth-order valence-corrected chi connectivity index (χ4v) is 2.12. The SMILES string of the molecule is [CH2]CC(C=O)(c1ccccc1)c1ccccc1. The molecule has 0 unspecified atom stereocenters. The van der Waals surface area contributed by atoms with Crippen molar-refractivity contribution in [2.24, 2.45) is 0 Å². The van der Waals surface area contributed by atoms with Gasteiger partial charge in [-0.1, -0.05) is 67.6 Å². The minimum absolute atomic E-state index is 0.518. The highest BCUT2D eigenvalue weighted by Crippen LogP contribution is 2.33. The Balaban J connectivity index is 2.58. The van der Waals surface area contributed by atoms with Crippen molar-refractivity contribution in [1.29, 1.82) is 0 Å².